The Morgan fingerprint density at radius 1 is 1.00 bits per heavy atom. The van der Waals surface area contributed by atoms with Crippen LogP contribution in [0.4, 0.5) is 0 Å². The third-order valence-electron chi connectivity index (χ3n) is 1.74. The summed E-state index contributed by atoms with van der Waals surface area (Å²) in [5.41, 5.74) is 0. The third kappa shape index (κ3) is 6.36. The molecule has 0 aromatic heterocycles. The zero-order chi connectivity index (χ0) is 8.53. The average molecular weight is 157 g/mol. The molecule has 1 saturated heterocycles. The standard InChI is InChI=1S/C7H15N.C3H8/c1-2-5-8-6-3-4-7-8;1-3-2/h2-7H2,1H3;3H2,1-2H3. The summed E-state index contributed by atoms with van der Waals surface area (Å²) < 4.78 is 0. The molecule has 0 amide bonds. The van der Waals surface area contributed by atoms with Crippen molar-refractivity contribution in [3.63, 3.8) is 0 Å². The second-order valence-corrected chi connectivity index (χ2v) is 3.26. The van der Waals surface area contributed by atoms with Gasteiger partial charge in [0.1, 0.15) is 0 Å². The zero-order valence-corrected chi connectivity index (χ0v) is 8.40. The fourth-order valence-electron chi connectivity index (χ4n) is 1.32. The molecule has 68 valence electrons. The van der Waals surface area contributed by atoms with E-state index >= 15 is 0 Å². The Labute approximate surface area is 71.8 Å². The Balaban J connectivity index is 0.000000292. The molecule has 0 aromatic rings. The lowest BCUT2D eigenvalue weighted by Crippen LogP contribution is -2.19. The predicted molar refractivity (Wildman–Crippen MR) is 51.9 cm³/mol. The molecule has 0 saturated carbocycles. The van der Waals surface area contributed by atoms with Gasteiger partial charge in [-0.15, -0.1) is 0 Å². The normalized spacial score (nSPS) is 17.7. The topological polar surface area (TPSA) is 3.24 Å². The first-order chi connectivity index (χ1) is 5.35. The minimum absolute atomic E-state index is 1.25. The number of nitrogens with zero attached hydrogens (tertiary/aromatic N) is 1. The Morgan fingerprint density at radius 2 is 1.45 bits per heavy atom. The van der Waals surface area contributed by atoms with E-state index in [1.807, 2.05) is 0 Å². The molecule has 1 aliphatic heterocycles. The smallest absolute Gasteiger partial charge is 0.00183 e. The maximum Gasteiger partial charge on any atom is -0.00183 e. The Bertz CT molecular complexity index is 65.3. The lowest BCUT2D eigenvalue weighted by Gasteiger charge is -2.11. The Morgan fingerprint density at radius 3 is 1.82 bits per heavy atom. The van der Waals surface area contributed by atoms with E-state index in [0.29, 0.717) is 0 Å². The molecule has 0 unspecified atom stereocenters. The second kappa shape index (κ2) is 8.06. The number of likely N-dealkylation sites (tertiary alicyclic amines) is 1. The van der Waals surface area contributed by atoms with Gasteiger partial charge in [0, 0.05) is 0 Å². The van der Waals surface area contributed by atoms with E-state index < -0.39 is 0 Å². The van der Waals surface area contributed by atoms with Gasteiger partial charge >= 0.3 is 0 Å². The van der Waals surface area contributed by atoms with E-state index in [2.05, 4.69) is 25.7 Å². The SMILES string of the molecule is CCC.CCCN1CCCC1. The summed E-state index contributed by atoms with van der Waals surface area (Å²) in [6, 6.07) is 0. The van der Waals surface area contributed by atoms with Crippen LogP contribution in [-0.2, 0) is 0 Å². The van der Waals surface area contributed by atoms with Gasteiger partial charge in [-0.25, -0.2) is 0 Å². The van der Waals surface area contributed by atoms with Gasteiger partial charge in [-0.3, -0.25) is 0 Å². The van der Waals surface area contributed by atoms with Crippen molar-refractivity contribution in [3.8, 4) is 0 Å². The van der Waals surface area contributed by atoms with Crippen LogP contribution in [0.5, 0.6) is 0 Å². The molecule has 1 aliphatic rings. The van der Waals surface area contributed by atoms with Crippen LogP contribution in [0.2, 0.25) is 0 Å². The van der Waals surface area contributed by atoms with Gasteiger partial charge in [-0.1, -0.05) is 27.2 Å². The van der Waals surface area contributed by atoms with Crippen molar-refractivity contribution in [2.24, 2.45) is 0 Å². The van der Waals surface area contributed by atoms with Crippen LogP contribution >= 0.6 is 0 Å². The Kier molecular flexibility index (Phi) is 8.03. The molecule has 1 rings (SSSR count). The summed E-state index contributed by atoms with van der Waals surface area (Å²) in [5, 5.41) is 0. The quantitative estimate of drug-likeness (QED) is 0.595. The molecule has 0 bridgehead atoms. The van der Waals surface area contributed by atoms with E-state index in [9.17, 15) is 0 Å². The van der Waals surface area contributed by atoms with Gasteiger partial charge < -0.3 is 4.90 Å². The van der Waals surface area contributed by atoms with E-state index in [-0.39, 0.29) is 0 Å². The first-order valence-corrected chi connectivity index (χ1v) is 5.07. The highest BCUT2D eigenvalue weighted by Crippen LogP contribution is 2.06. The predicted octanol–water partition coefficient (Wildman–Crippen LogP) is 2.91. The van der Waals surface area contributed by atoms with Crippen molar-refractivity contribution < 1.29 is 0 Å². The van der Waals surface area contributed by atoms with Crippen LogP contribution in [0.15, 0.2) is 0 Å². The van der Waals surface area contributed by atoms with Crippen molar-refractivity contribution in [2.45, 2.75) is 46.5 Å². The largest absolute Gasteiger partial charge is 0.303 e. The highest BCUT2D eigenvalue weighted by atomic mass is 15.1. The molecule has 0 radical (unpaired) electrons. The van der Waals surface area contributed by atoms with Crippen LogP contribution in [0.1, 0.15) is 46.5 Å². The molecule has 1 heteroatoms. The summed E-state index contributed by atoms with van der Waals surface area (Å²) in [6.07, 6.45) is 5.43. The van der Waals surface area contributed by atoms with E-state index in [1.165, 1.54) is 45.3 Å². The van der Waals surface area contributed by atoms with Crippen LogP contribution in [0.3, 0.4) is 0 Å². The lowest BCUT2D eigenvalue weighted by molar-refractivity contribution is 0.339. The fourth-order valence-corrected chi connectivity index (χ4v) is 1.32. The summed E-state index contributed by atoms with van der Waals surface area (Å²) >= 11 is 0. The van der Waals surface area contributed by atoms with Gasteiger partial charge in [0.15, 0.2) is 0 Å². The van der Waals surface area contributed by atoms with E-state index in [0.717, 1.165) is 0 Å². The summed E-state index contributed by atoms with van der Waals surface area (Å²) in [4.78, 5) is 2.54. The maximum atomic E-state index is 2.54. The maximum absolute atomic E-state index is 2.54. The first kappa shape index (κ1) is 11.0. The van der Waals surface area contributed by atoms with Crippen LogP contribution in [-0.4, -0.2) is 24.5 Å². The molecule has 0 N–H and O–H groups in total. The summed E-state index contributed by atoms with van der Waals surface area (Å²) in [7, 11) is 0. The van der Waals surface area contributed by atoms with Gasteiger partial charge in [-0.2, -0.15) is 0 Å². The fraction of sp³-hybridized carbons (Fsp3) is 1.00. The molecule has 1 nitrogen and oxygen atoms in total. The molecular formula is C10H23N. The third-order valence-corrected chi connectivity index (χ3v) is 1.74. The monoisotopic (exact) mass is 157 g/mol. The molecule has 0 spiro atoms. The van der Waals surface area contributed by atoms with Gasteiger partial charge in [0.2, 0.25) is 0 Å². The van der Waals surface area contributed by atoms with Crippen molar-refractivity contribution in [1.82, 2.24) is 4.90 Å². The zero-order valence-electron chi connectivity index (χ0n) is 8.40. The molecule has 11 heavy (non-hydrogen) atoms. The summed E-state index contributed by atoms with van der Waals surface area (Å²) in [5.74, 6) is 0. The van der Waals surface area contributed by atoms with Gasteiger partial charge in [0.05, 0.1) is 0 Å². The number of hydrogen-bond donors (Lipinski definition) is 0. The van der Waals surface area contributed by atoms with E-state index in [1.54, 1.807) is 0 Å². The average Bonchev–Trinajstić information content (AvgIpc) is 2.42. The minimum atomic E-state index is 1.25. The van der Waals surface area contributed by atoms with Gasteiger partial charge in [0.25, 0.3) is 0 Å². The Hall–Kier alpha value is -0.0400. The first-order valence-electron chi connectivity index (χ1n) is 5.07. The minimum Gasteiger partial charge on any atom is -0.303 e. The molecule has 0 aliphatic carbocycles. The molecule has 0 aromatic carbocycles. The molecule has 0 atom stereocenters. The van der Waals surface area contributed by atoms with Crippen molar-refractivity contribution in [3.05, 3.63) is 0 Å². The van der Waals surface area contributed by atoms with Crippen molar-refractivity contribution in [1.29, 1.82) is 0 Å². The van der Waals surface area contributed by atoms with Crippen LogP contribution < -0.4 is 0 Å². The molecular weight excluding hydrogens is 134 g/mol. The van der Waals surface area contributed by atoms with Crippen LogP contribution in [0.25, 0.3) is 0 Å². The van der Waals surface area contributed by atoms with E-state index in [4.69, 9.17) is 0 Å². The summed E-state index contributed by atoms with van der Waals surface area (Å²) in [6.45, 7) is 10.5. The van der Waals surface area contributed by atoms with Gasteiger partial charge in [-0.05, 0) is 38.9 Å². The lowest BCUT2D eigenvalue weighted by atomic mass is 10.4. The van der Waals surface area contributed by atoms with Crippen molar-refractivity contribution in [2.75, 3.05) is 19.6 Å². The molecule has 1 fully saturated rings. The molecule has 1 heterocycles. The number of rotatable bonds is 2. The highest BCUT2D eigenvalue weighted by molar-refractivity contribution is 4.64. The van der Waals surface area contributed by atoms with Crippen molar-refractivity contribution >= 4 is 0 Å². The second-order valence-electron chi connectivity index (χ2n) is 3.26. The van der Waals surface area contributed by atoms with Crippen LogP contribution in [0, 0.1) is 0 Å². The number of hydrogen-bond acceptors (Lipinski definition) is 1. The highest BCUT2D eigenvalue weighted by Gasteiger charge is 2.08.